The van der Waals surface area contributed by atoms with Crippen LogP contribution < -0.4 is 0 Å². The third-order valence-electron chi connectivity index (χ3n) is 2.91. The van der Waals surface area contributed by atoms with Crippen molar-refractivity contribution in [3.05, 3.63) is 0 Å². The summed E-state index contributed by atoms with van der Waals surface area (Å²) in [7, 11) is 2.03. The summed E-state index contributed by atoms with van der Waals surface area (Å²) in [4.78, 5) is 5.93. The van der Waals surface area contributed by atoms with E-state index in [4.69, 9.17) is 5.26 Å². The zero-order valence-electron chi connectivity index (χ0n) is 9.57. The molecule has 0 amide bonds. The van der Waals surface area contributed by atoms with Gasteiger partial charge in [0.15, 0.2) is 5.17 Å². The van der Waals surface area contributed by atoms with E-state index in [-0.39, 0.29) is 0 Å². The summed E-state index contributed by atoms with van der Waals surface area (Å²) in [5.41, 5.74) is 0. The Morgan fingerprint density at radius 2 is 2.13 bits per heavy atom. The maximum Gasteiger partial charge on any atom is 0.208 e. The lowest BCUT2D eigenvalue weighted by atomic mass is 9.89. The monoisotopic (exact) mass is 225 g/mol. The maximum absolute atomic E-state index is 8.55. The van der Waals surface area contributed by atoms with Gasteiger partial charge in [0.2, 0.25) is 6.19 Å². The molecule has 1 aliphatic rings. The van der Waals surface area contributed by atoms with Crippen molar-refractivity contribution in [2.24, 2.45) is 10.9 Å². The first-order valence-corrected chi connectivity index (χ1v) is 6.72. The molecule has 15 heavy (non-hydrogen) atoms. The second-order valence-electron chi connectivity index (χ2n) is 4.08. The fraction of sp³-hybridized carbons (Fsp3) is 0.818. The first-order valence-electron chi connectivity index (χ1n) is 5.49. The van der Waals surface area contributed by atoms with Crippen molar-refractivity contribution in [2.75, 3.05) is 19.8 Å². The van der Waals surface area contributed by atoms with E-state index >= 15 is 0 Å². The fourth-order valence-corrected chi connectivity index (χ4v) is 2.68. The van der Waals surface area contributed by atoms with Gasteiger partial charge < -0.3 is 4.90 Å². The molecule has 0 spiro atoms. The Bertz CT molecular complexity index is 251. The predicted octanol–water partition coefficient (Wildman–Crippen LogP) is 2.70. The van der Waals surface area contributed by atoms with Gasteiger partial charge in [0.05, 0.1) is 0 Å². The number of hydrogen-bond acceptors (Lipinski definition) is 3. The Morgan fingerprint density at radius 3 is 2.67 bits per heavy atom. The van der Waals surface area contributed by atoms with Crippen LogP contribution in [-0.2, 0) is 0 Å². The molecule has 0 aromatic carbocycles. The highest BCUT2D eigenvalue weighted by Gasteiger charge is 2.16. The predicted molar refractivity (Wildman–Crippen MR) is 65.8 cm³/mol. The lowest BCUT2D eigenvalue weighted by Gasteiger charge is -2.27. The summed E-state index contributed by atoms with van der Waals surface area (Å²) >= 11 is 1.54. The van der Waals surface area contributed by atoms with Crippen LogP contribution in [0.1, 0.15) is 32.1 Å². The first kappa shape index (κ1) is 12.4. The molecule has 0 saturated heterocycles. The maximum atomic E-state index is 8.55. The molecule has 4 heteroatoms. The van der Waals surface area contributed by atoms with Crippen LogP contribution >= 0.6 is 11.8 Å². The lowest BCUT2D eigenvalue weighted by molar-refractivity contribution is 0.298. The quantitative estimate of drug-likeness (QED) is 0.412. The number of aliphatic imine (C=N–C) groups is 1. The minimum Gasteiger partial charge on any atom is -0.353 e. The van der Waals surface area contributed by atoms with E-state index in [1.54, 1.807) is 11.8 Å². The number of nitriles is 1. The second kappa shape index (κ2) is 6.73. The zero-order valence-corrected chi connectivity index (χ0v) is 10.4. The molecule has 0 heterocycles. The molecule has 84 valence electrons. The van der Waals surface area contributed by atoms with Crippen LogP contribution in [-0.4, -0.2) is 29.9 Å². The molecular formula is C11H19N3S. The molecule has 0 aliphatic heterocycles. The number of rotatable bonds is 2. The number of thioether (sulfide) groups is 1. The topological polar surface area (TPSA) is 39.4 Å². The molecule has 1 saturated carbocycles. The fourth-order valence-electron chi connectivity index (χ4n) is 2.16. The smallest absolute Gasteiger partial charge is 0.208 e. The van der Waals surface area contributed by atoms with Crippen molar-refractivity contribution in [3.63, 3.8) is 0 Å². The van der Waals surface area contributed by atoms with Crippen LogP contribution in [0.2, 0.25) is 0 Å². The average molecular weight is 225 g/mol. The van der Waals surface area contributed by atoms with Gasteiger partial charge in [-0.2, -0.15) is 5.26 Å². The average Bonchev–Trinajstić information content (AvgIpc) is 2.27. The van der Waals surface area contributed by atoms with E-state index in [0.717, 1.165) is 17.6 Å². The Labute approximate surface area is 96.6 Å². The minimum absolute atomic E-state index is 0.791. The highest BCUT2D eigenvalue weighted by molar-refractivity contribution is 8.13. The van der Waals surface area contributed by atoms with E-state index in [1.807, 2.05) is 19.5 Å². The van der Waals surface area contributed by atoms with E-state index in [1.165, 1.54) is 32.1 Å². The van der Waals surface area contributed by atoms with Crippen LogP contribution in [0.15, 0.2) is 4.99 Å². The van der Waals surface area contributed by atoms with Gasteiger partial charge in [0, 0.05) is 13.6 Å². The summed E-state index contributed by atoms with van der Waals surface area (Å²) in [6.45, 7) is 1.04. The summed E-state index contributed by atoms with van der Waals surface area (Å²) in [5, 5.41) is 9.38. The zero-order chi connectivity index (χ0) is 11.1. The third kappa shape index (κ3) is 4.13. The van der Waals surface area contributed by atoms with Crippen molar-refractivity contribution < 1.29 is 0 Å². The highest BCUT2D eigenvalue weighted by atomic mass is 32.2. The molecule has 0 unspecified atom stereocenters. The normalized spacial score (nSPS) is 18.6. The van der Waals surface area contributed by atoms with Gasteiger partial charge in [0.25, 0.3) is 0 Å². The van der Waals surface area contributed by atoms with Gasteiger partial charge in [-0.05, 0) is 25.0 Å². The van der Waals surface area contributed by atoms with Crippen molar-refractivity contribution >= 4 is 16.9 Å². The molecular weight excluding hydrogens is 206 g/mol. The van der Waals surface area contributed by atoms with Crippen LogP contribution in [0, 0.1) is 17.4 Å². The van der Waals surface area contributed by atoms with Crippen LogP contribution in [0.25, 0.3) is 0 Å². The van der Waals surface area contributed by atoms with Gasteiger partial charge in [-0.1, -0.05) is 31.0 Å². The molecule has 0 N–H and O–H groups in total. The summed E-state index contributed by atoms with van der Waals surface area (Å²) in [6, 6.07) is 0. The SMILES string of the molecule is CSC(=NC#N)N(C)CC1CCCCC1. The molecule has 1 fully saturated rings. The summed E-state index contributed by atoms with van der Waals surface area (Å²) in [5.74, 6) is 0.791. The Hall–Kier alpha value is -0.690. The largest absolute Gasteiger partial charge is 0.353 e. The Balaban J connectivity index is 2.42. The molecule has 1 rings (SSSR count). The molecule has 1 aliphatic carbocycles. The van der Waals surface area contributed by atoms with Crippen molar-refractivity contribution in [1.82, 2.24) is 4.90 Å². The lowest BCUT2D eigenvalue weighted by Crippen LogP contribution is -2.30. The minimum atomic E-state index is 0.791. The van der Waals surface area contributed by atoms with E-state index in [0.29, 0.717) is 0 Å². The first-order chi connectivity index (χ1) is 7.27. The molecule has 0 radical (unpaired) electrons. The Kier molecular flexibility index (Phi) is 5.56. The summed E-state index contributed by atoms with van der Waals surface area (Å²) in [6.07, 6.45) is 10.6. The van der Waals surface area contributed by atoms with Gasteiger partial charge >= 0.3 is 0 Å². The van der Waals surface area contributed by atoms with Crippen LogP contribution in [0.4, 0.5) is 0 Å². The Morgan fingerprint density at radius 1 is 1.47 bits per heavy atom. The van der Waals surface area contributed by atoms with Gasteiger partial charge in [-0.3, -0.25) is 0 Å². The van der Waals surface area contributed by atoms with E-state index in [2.05, 4.69) is 9.89 Å². The molecule has 3 nitrogen and oxygen atoms in total. The molecule has 0 bridgehead atoms. The molecule has 0 aromatic rings. The molecule has 0 aromatic heterocycles. The van der Waals surface area contributed by atoms with Gasteiger partial charge in [0.1, 0.15) is 0 Å². The molecule has 0 atom stereocenters. The third-order valence-corrected chi connectivity index (χ3v) is 3.68. The number of nitrogens with zero attached hydrogens (tertiary/aromatic N) is 3. The van der Waals surface area contributed by atoms with Gasteiger partial charge in [-0.15, -0.1) is 4.99 Å². The highest BCUT2D eigenvalue weighted by Crippen LogP contribution is 2.24. The van der Waals surface area contributed by atoms with Crippen molar-refractivity contribution in [2.45, 2.75) is 32.1 Å². The van der Waals surface area contributed by atoms with Crippen molar-refractivity contribution in [3.8, 4) is 6.19 Å². The van der Waals surface area contributed by atoms with Gasteiger partial charge in [-0.25, -0.2) is 0 Å². The van der Waals surface area contributed by atoms with Crippen LogP contribution in [0.3, 0.4) is 0 Å². The number of hydrogen-bond donors (Lipinski definition) is 0. The van der Waals surface area contributed by atoms with Crippen molar-refractivity contribution in [1.29, 1.82) is 5.26 Å². The second-order valence-corrected chi connectivity index (χ2v) is 4.86. The standard InChI is InChI=1S/C11H19N3S/c1-14(11(15-2)13-9-12)8-10-6-4-3-5-7-10/h10H,3-8H2,1-2H3. The summed E-state index contributed by atoms with van der Waals surface area (Å²) < 4.78 is 0. The van der Waals surface area contributed by atoms with E-state index in [9.17, 15) is 0 Å². The van der Waals surface area contributed by atoms with Crippen LogP contribution in [0.5, 0.6) is 0 Å². The van der Waals surface area contributed by atoms with E-state index < -0.39 is 0 Å². The number of amidine groups is 1.